The molecule has 1 atom stereocenters. The van der Waals surface area contributed by atoms with E-state index in [-0.39, 0.29) is 0 Å². The summed E-state index contributed by atoms with van der Waals surface area (Å²) < 4.78 is 0. The first-order chi connectivity index (χ1) is 9.43. The Balaban J connectivity index is 2.72. The first-order valence-corrected chi connectivity index (χ1v) is 8.69. The van der Waals surface area contributed by atoms with Gasteiger partial charge in [0.2, 0.25) is 0 Å². The smallest absolute Gasteiger partial charge is 0.185 e. The first kappa shape index (κ1) is 17.4. The Morgan fingerprint density at radius 1 is 1.10 bits per heavy atom. The van der Waals surface area contributed by atoms with E-state index in [4.69, 9.17) is 4.98 Å². The number of nitrogens with one attached hydrogen (secondary N) is 1. The van der Waals surface area contributed by atoms with Gasteiger partial charge in [-0.3, -0.25) is 0 Å². The molecule has 1 unspecified atom stereocenters. The lowest BCUT2D eigenvalue weighted by atomic mass is 10.1. The van der Waals surface area contributed by atoms with Crippen molar-refractivity contribution in [2.75, 3.05) is 25.0 Å². The normalized spacial score (nSPS) is 13.2. The van der Waals surface area contributed by atoms with Gasteiger partial charge < -0.3 is 10.2 Å². The van der Waals surface area contributed by atoms with Gasteiger partial charge in [-0.05, 0) is 38.6 Å². The third-order valence-electron chi connectivity index (χ3n) is 3.61. The molecule has 0 aliphatic heterocycles. The van der Waals surface area contributed by atoms with Gasteiger partial charge in [-0.1, -0.05) is 27.7 Å². The number of nitrogens with zero attached hydrogens (tertiary/aromatic N) is 2. The van der Waals surface area contributed by atoms with Gasteiger partial charge >= 0.3 is 0 Å². The van der Waals surface area contributed by atoms with Gasteiger partial charge in [0.25, 0.3) is 0 Å². The summed E-state index contributed by atoms with van der Waals surface area (Å²) in [6.45, 7) is 13.5. The molecule has 1 N–H and O–H groups in total. The summed E-state index contributed by atoms with van der Waals surface area (Å²) in [5.74, 6) is 1.49. The molecule has 0 spiro atoms. The summed E-state index contributed by atoms with van der Waals surface area (Å²) in [6, 6.07) is 0.331. The summed E-state index contributed by atoms with van der Waals surface area (Å²) in [4.78, 5) is 7.29. The summed E-state index contributed by atoms with van der Waals surface area (Å²) in [6.07, 6.45) is 2.46. The van der Waals surface area contributed by atoms with Gasteiger partial charge in [0.15, 0.2) is 5.13 Å². The van der Waals surface area contributed by atoms with Crippen LogP contribution in [-0.4, -0.2) is 25.1 Å². The lowest BCUT2D eigenvalue weighted by molar-refractivity contribution is 0.534. The molecule has 0 saturated carbocycles. The molecule has 1 aromatic rings. The van der Waals surface area contributed by atoms with Crippen LogP contribution >= 0.6 is 11.3 Å². The third kappa shape index (κ3) is 5.80. The van der Waals surface area contributed by atoms with Gasteiger partial charge in [0, 0.05) is 24.5 Å². The Morgan fingerprint density at radius 3 is 2.10 bits per heavy atom. The molecule has 0 aliphatic carbocycles. The predicted molar refractivity (Wildman–Crippen MR) is 90.7 cm³/mol. The molecule has 0 bridgehead atoms. The van der Waals surface area contributed by atoms with Gasteiger partial charge in [0.1, 0.15) is 0 Å². The Hall–Kier alpha value is -0.610. The van der Waals surface area contributed by atoms with Crippen molar-refractivity contribution in [1.29, 1.82) is 0 Å². The highest BCUT2D eigenvalue weighted by atomic mass is 32.1. The van der Waals surface area contributed by atoms with Crippen LogP contribution in [0, 0.1) is 11.8 Å². The Kier molecular flexibility index (Phi) is 7.52. The van der Waals surface area contributed by atoms with E-state index in [1.54, 1.807) is 11.3 Å². The molecular weight excluding hydrogens is 266 g/mol. The highest BCUT2D eigenvalue weighted by Crippen LogP contribution is 2.25. The zero-order valence-electron chi connectivity index (χ0n) is 13.9. The quantitative estimate of drug-likeness (QED) is 0.735. The number of thiazole rings is 1. The van der Waals surface area contributed by atoms with Gasteiger partial charge in [-0.25, -0.2) is 4.98 Å². The number of aromatic nitrogens is 1. The minimum absolute atomic E-state index is 0.331. The lowest BCUT2D eigenvalue weighted by Gasteiger charge is -2.23. The van der Waals surface area contributed by atoms with Crippen molar-refractivity contribution >= 4 is 16.5 Å². The number of rotatable bonds is 9. The molecule has 1 aromatic heterocycles. The lowest BCUT2D eigenvalue weighted by Crippen LogP contribution is -2.27. The number of anilines is 1. The predicted octanol–water partition coefficient (Wildman–Crippen LogP) is 4.32. The topological polar surface area (TPSA) is 28.2 Å². The van der Waals surface area contributed by atoms with Crippen LogP contribution in [-0.2, 0) is 0 Å². The Labute approximate surface area is 128 Å². The number of hydrogen-bond acceptors (Lipinski definition) is 4. The van der Waals surface area contributed by atoms with Crippen molar-refractivity contribution in [3.8, 4) is 0 Å². The van der Waals surface area contributed by atoms with Crippen LogP contribution in [0.3, 0.4) is 0 Å². The maximum atomic E-state index is 4.82. The molecule has 116 valence electrons. The van der Waals surface area contributed by atoms with E-state index in [1.807, 2.05) is 7.05 Å². The van der Waals surface area contributed by atoms with Crippen LogP contribution in [0.1, 0.15) is 59.2 Å². The minimum atomic E-state index is 0.331. The molecule has 1 rings (SSSR count). The molecular formula is C16H31N3S. The summed E-state index contributed by atoms with van der Waals surface area (Å²) in [7, 11) is 1.99. The van der Waals surface area contributed by atoms with Gasteiger partial charge in [0.05, 0.1) is 5.69 Å². The molecule has 0 radical (unpaired) electrons. The SMILES string of the molecule is CNC(C)c1csc(N(CCC(C)C)CCC(C)C)n1. The molecule has 0 amide bonds. The monoisotopic (exact) mass is 297 g/mol. The van der Waals surface area contributed by atoms with Crippen molar-refractivity contribution in [3.63, 3.8) is 0 Å². The van der Waals surface area contributed by atoms with Crippen molar-refractivity contribution in [2.45, 2.75) is 53.5 Å². The van der Waals surface area contributed by atoms with Crippen LogP contribution in [0.4, 0.5) is 5.13 Å². The molecule has 3 nitrogen and oxygen atoms in total. The largest absolute Gasteiger partial charge is 0.348 e. The third-order valence-corrected chi connectivity index (χ3v) is 4.53. The fraction of sp³-hybridized carbons (Fsp3) is 0.812. The second-order valence-electron chi connectivity index (χ2n) is 6.42. The van der Waals surface area contributed by atoms with E-state index in [0.717, 1.165) is 30.6 Å². The van der Waals surface area contributed by atoms with E-state index in [0.29, 0.717) is 6.04 Å². The van der Waals surface area contributed by atoms with Crippen LogP contribution in [0.5, 0.6) is 0 Å². The second kappa shape index (κ2) is 8.63. The van der Waals surface area contributed by atoms with Crippen molar-refractivity contribution in [3.05, 3.63) is 11.1 Å². The van der Waals surface area contributed by atoms with Gasteiger partial charge in [-0.15, -0.1) is 11.3 Å². The highest BCUT2D eigenvalue weighted by molar-refractivity contribution is 7.13. The highest BCUT2D eigenvalue weighted by Gasteiger charge is 2.14. The van der Waals surface area contributed by atoms with Crippen LogP contribution in [0.15, 0.2) is 5.38 Å². The van der Waals surface area contributed by atoms with Crippen molar-refractivity contribution in [1.82, 2.24) is 10.3 Å². The fourth-order valence-electron chi connectivity index (χ4n) is 1.90. The van der Waals surface area contributed by atoms with E-state index in [9.17, 15) is 0 Å². The molecule has 20 heavy (non-hydrogen) atoms. The Bertz CT molecular complexity index is 362. The maximum absolute atomic E-state index is 4.82. The molecule has 0 saturated heterocycles. The van der Waals surface area contributed by atoms with Crippen LogP contribution in [0.25, 0.3) is 0 Å². The van der Waals surface area contributed by atoms with Gasteiger partial charge in [-0.2, -0.15) is 0 Å². The van der Waals surface area contributed by atoms with E-state index >= 15 is 0 Å². The maximum Gasteiger partial charge on any atom is 0.185 e. The first-order valence-electron chi connectivity index (χ1n) is 7.81. The average molecular weight is 298 g/mol. The second-order valence-corrected chi connectivity index (χ2v) is 7.25. The Morgan fingerprint density at radius 2 is 1.65 bits per heavy atom. The van der Waals surface area contributed by atoms with Crippen molar-refractivity contribution in [2.24, 2.45) is 11.8 Å². The van der Waals surface area contributed by atoms with E-state index < -0.39 is 0 Å². The molecule has 1 heterocycles. The standard InChI is InChI=1S/C16H31N3S/c1-12(2)7-9-19(10-8-13(3)4)16-18-15(11-20-16)14(5)17-6/h11-14,17H,7-10H2,1-6H3. The van der Waals surface area contributed by atoms with Crippen molar-refractivity contribution < 1.29 is 0 Å². The summed E-state index contributed by atoms with van der Waals surface area (Å²) in [5, 5.41) is 6.63. The molecule has 0 aromatic carbocycles. The van der Waals surface area contributed by atoms with Crippen LogP contribution < -0.4 is 10.2 Å². The summed E-state index contributed by atoms with van der Waals surface area (Å²) in [5.41, 5.74) is 1.16. The number of hydrogen-bond donors (Lipinski definition) is 1. The fourth-order valence-corrected chi connectivity index (χ4v) is 2.87. The molecule has 0 aliphatic rings. The minimum Gasteiger partial charge on any atom is -0.348 e. The van der Waals surface area contributed by atoms with E-state index in [2.05, 4.69) is 50.2 Å². The van der Waals surface area contributed by atoms with Crippen LogP contribution in [0.2, 0.25) is 0 Å². The zero-order valence-corrected chi connectivity index (χ0v) is 14.8. The zero-order chi connectivity index (χ0) is 15.1. The summed E-state index contributed by atoms with van der Waals surface area (Å²) >= 11 is 1.78. The van der Waals surface area contributed by atoms with E-state index in [1.165, 1.54) is 18.0 Å². The molecule has 4 heteroatoms. The molecule has 0 fully saturated rings. The average Bonchev–Trinajstić information content (AvgIpc) is 2.86.